The third kappa shape index (κ3) is 7.00. The lowest BCUT2D eigenvalue weighted by Crippen LogP contribution is -2.49. The molecule has 1 fully saturated rings. The van der Waals surface area contributed by atoms with Crippen LogP contribution >= 0.6 is 0 Å². The number of aliphatic carboxylic acids is 1. The molecule has 110 valence electrons. The summed E-state index contributed by atoms with van der Waals surface area (Å²) in [5.41, 5.74) is 5.83. The lowest BCUT2D eigenvalue weighted by Gasteiger charge is -2.30. The molecular formula is C13H25N3O3. The Morgan fingerprint density at radius 2 is 2.00 bits per heavy atom. The van der Waals surface area contributed by atoms with E-state index in [9.17, 15) is 9.59 Å². The normalized spacial score (nSPS) is 19.2. The van der Waals surface area contributed by atoms with Gasteiger partial charge in [0.15, 0.2) is 0 Å². The molecule has 1 saturated heterocycles. The van der Waals surface area contributed by atoms with Gasteiger partial charge in [0, 0.05) is 32.1 Å². The zero-order valence-electron chi connectivity index (χ0n) is 11.4. The Balaban J connectivity index is 1.99. The lowest BCUT2D eigenvalue weighted by atomic mass is 10.1. The number of carboxylic acids is 1. The molecule has 0 aliphatic carbocycles. The van der Waals surface area contributed by atoms with E-state index in [1.165, 1.54) is 0 Å². The summed E-state index contributed by atoms with van der Waals surface area (Å²) in [7, 11) is 0. The Hall–Kier alpha value is -1.30. The minimum absolute atomic E-state index is 0.0271. The van der Waals surface area contributed by atoms with E-state index in [0.717, 1.165) is 38.6 Å². The maximum Gasteiger partial charge on any atom is 0.317 e. The molecule has 2 amide bonds. The lowest BCUT2D eigenvalue weighted by molar-refractivity contribution is -0.137. The van der Waals surface area contributed by atoms with Gasteiger partial charge < -0.3 is 21.1 Å². The number of nitrogens with two attached hydrogens (primary N) is 1. The van der Waals surface area contributed by atoms with Crippen LogP contribution < -0.4 is 11.1 Å². The number of hydrogen-bond donors (Lipinski definition) is 3. The zero-order chi connectivity index (χ0) is 14.1. The number of carbonyl (C=O) groups excluding carboxylic acids is 1. The van der Waals surface area contributed by atoms with Crippen LogP contribution in [0.25, 0.3) is 0 Å². The summed E-state index contributed by atoms with van der Waals surface area (Å²) in [6.45, 7) is 2.08. The second kappa shape index (κ2) is 8.74. The summed E-state index contributed by atoms with van der Waals surface area (Å²) in [4.78, 5) is 23.9. The third-order valence-corrected chi connectivity index (χ3v) is 3.34. The van der Waals surface area contributed by atoms with E-state index in [0.29, 0.717) is 19.5 Å². The van der Waals surface area contributed by atoms with Gasteiger partial charge in [0.25, 0.3) is 0 Å². The van der Waals surface area contributed by atoms with Crippen LogP contribution in [0.2, 0.25) is 0 Å². The number of hydrogen-bond acceptors (Lipinski definition) is 3. The second-order valence-corrected chi connectivity index (χ2v) is 5.14. The van der Waals surface area contributed by atoms with Gasteiger partial charge in [-0.2, -0.15) is 0 Å². The smallest absolute Gasteiger partial charge is 0.317 e. The number of nitrogens with zero attached hydrogens (tertiary/aromatic N) is 1. The number of likely N-dealkylation sites (tertiary alicyclic amines) is 1. The Morgan fingerprint density at radius 1 is 1.26 bits per heavy atom. The van der Waals surface area contributed by atoms with Gasteiger partial charge in [0.2, 0.25) is 0 Å². The minimum Gasteiger partial charge on any atom is -0.481 e. The molecule has 1 heterocycles. The summed E-state index contributed by atoms with van der Waals surface area (Å²) in [5, 5.41) is 11.4. The van der Waals surface area contributed by atoms with Crippen LogP contribution in [0.1, 0.15) is 44.9 Å². The van der Waals surface area contributed by atoms with E-state index in [-0.39, 0.29) is 18.5 Å². The first-order valence-electron chi connectivity index (χ1n) is 7.09. The van der Waals surface area contributed by atoms with Crippen molar-refractivity contribution in [2.75, 3.05) is 19.6 Å². The van der Waals surface area contributed by atoms with Crippen LogP contribution in [-0.2, 0) is 4.79 Å². The zero-order valence-corrected chi connectivity index (χ0v) is 11.4. The monoisotopic (exact) mass is 271 g/mol. The molecule has 1 unspecified atom stereocenters. The van der Waals surface area contributed by atoms with Crippen molar-refractivity contribution in [1.82, 2.24) is 10.2 Å². The van der Waals surface area contributed by atoms with Gasteiger partial charge in [-0.05, 0) is 25.7 Å². The SMILES string of the molecule is NC1CCCN(C(=O)NCCCCCCC(=O)O)C1. The average molecular weight is 271 g/mol. The number of carbonyl (C=O) groups is 2. The number of carboxylic acid groups (broad SMARTS) is 1. The third-order valence-electron chi connectivity index (χ3n) is 3.34. The molecule has 0 aromatic heterocycles. The van der Waals surface area contributed by atoms with Gasteiger partial charge >= 0.3 is 12.0 Å². The fourth-order valence-electron chi connectivity index (χ4n) is 2.26. The number of amides is 2. The van der Waals surface area contributed by atoms with Gasteiger partial charge in [-0.3, -0.25) is 4.79 Å². The molecule has 0 saturated carbocycles. The van der Waals surface area contributed by atoms with Crippen molar-refractivity contribution in [3.63, 3.8) is 0 Å². The fourth-order valence-corrected chi connectivity index (χ4v) is 2.26. The van der Waals surface area contributed by atoms with Crippen molar-refractivity contribution in [3.8, 4) is 0 Å². The maximum absolute atomic E-state index is 11.8. The van der Waals surface area contributed by atoms with Gasteiger partial charge in [-0.25, -0.2) is 4.79 Å². The molecule has 19 heavy (non-hydrogen) atoms. The standard InChI is InChI=1S/C13H25N3O3/c14-11-6-5-9-16(10-11)13(19)15-8-4-2-1-3-7-12(17)18/h11H,1-10,14H2,(H,15,19)(H,17,18). The van der Waals surface area contributed by atoms with Crippen molar-refractivity contribution < 1.29 is 14.7 Å². The molecule has 1 aliphatic heterocycles. The predicted molar refractivity (Wildman–Crippen MR) is 72.9 cm³/mol. The summed E-state index contributed by atoms with van der Waals surface area (Å²) in [6.07, 6.45) is 5.66. The van der Waals surface area contributed by atoms with Crippen LogP contribution in [0.15, 0.2) is 0 Å². The second-order valence-electron chi connectivity index (χ2n) is 5.14. The number of unbranched alkanes of at least 4 members (excludes halogenated alkanes) is 3. The predicted octanol–water partition coefficient (Wildman–Crippen LogP) is 1.15. The summed E-state index contributed by atoms with van der Waals surface area (Å²) < 4.78 is 0. The van der Waals surface area contributed by atoms with Gasteiger partial charge in [-0.1, -0.05) is 12.8 Å². The molecule has 6 nitrogen and oxygen atoms in total. The molecule has 0 radical (unpaired) electrons. The number of rotatable bonds is 7. The first kappa shape index (κ1) is 15.8. The van der Waals surface area contributed by atoms with Crippen LogP contribution in [0.4, 0.5) is 4.79 Å². The molecule has 4 N–H and O–H groups in total. The van der Waals surface area contributed by atoms with E-state index < -0.39 is 5.97 Å². The van der Waals surface area contributed by atoms with Crippen LogP contribution in [0, 0.1) is 0 Å². The van der Waals surface area contributed by atoms with Crippen LogP contribution in [-0.4, -0.2) is 47.7 Å². The minimum atomic E-state index is -0.741. The van der Waals surface area contributed by atoms with E-state index in [1.54, 1.807) is 4.90 Å². The highest BCUT2D eigenvalue weighted by Gasteiger charge is 2.20. The molecule has 0 aromatic carbocycles. The maximum atomic E-state index is 11.8. The van der Waals surface area contributed by atoms with Crippen molar-refractivity contribution in [3.05, 3.63) is 0 Å². The molecular weight excluding hydrogens is 246 g/mol. The Bertz CT molecular complexity index is 297. The van der Waals surface area contributed by atoms with Crippen molar-refractivity contribution in [1.29, 1.82) is 0 Å². The van der Waals surface area contributed by atoms with E-state index in [2.05, 4.69) is 5.32 Å². The molecule has 0 bridgehead atoms. The molecule has 0 aromatic rings. The molecule has 1 rings (SSSR count). The highest BCUT2D eigenvalue weighted by molar-refractivity contribution is 5.74. The summed E-state index contributed by atoms with van der Waals surface area (Å²) in [5.74, 6) is -0.741. The van der Waals surface area contributed by atoms with E-state index in [1.807, 2.05) is 0 Å². The number of nitrogens with one attached hydrogen (secondary N) is 1. The Kier molecular flexibility index (Phi) is 7.25. The first-order chi connectivity index (χ1) is 9.09. The summed E-state index contributed by atoms with van der Waals surface area (Å²) in [6, 6.07) is 0.0798. The van der Waals surface area contributed by atoms with Crippen molar-refractivity contribution in [2.45, 2.75) is 51.0 Å². The average Bonchev–Trinajstić information content (AvgIpc) is 2.37. The van der Waals surface area contributed by atoms with Gasteiger partial charge in [0.05, 0.1) is 0 Å². The number of piperidine rings is 1. The number of urea groups is 1. The van der Waals surface area contributed by atoms with Gasteiger partial charge in [0.1, 0.15) is 0 Å². The fraction of sp³-hybridized carbons (Fsp3) is 0.846. The Morgan fingerprint density at radius 3 is 2.68 bits per heavy atom. The van der Waals surface area contributed by atoms with Gasteiger partial charge in [-0.15, -0.1) is 0 Å². The van der Waals surface area contributed by atoms with E-state index in [4.69, 9.17) is 10.8 Å². The van der Waals surface area contributed by atoms with E-state index >= 15 is 0 Å². The quantitative estimate of drug-likeness (QED) is 0.605. The topological polar surface area (TPSA) is 95.7 Å². The molecule has 1 aliphatic rings. The molecule has 1 atom stereocenters. The Labute approximate surface area is 114 Å². The van der Waals surface area contributed by atoms with Crippen LogP contribution in [0.3, 0.4) is 0 Å². The van der Waals surface area contributed by atoms with Crippen LogP contribution in [0.5, 0.6) is 0 Å². The highest BCUT2D eigenvalue weighted by Crippen LogP contribution is 2.08. The van der Waals surface area contributed by atoms with Crippen molar-refractivity contribution in [2.24, 2.45) is 5.73 Å². The molecule has 0 spiro atoms. The first-order valence-corrected chi connectivity index (χ1v) is 7.09. The summed E-state index contributed by atoms with van der Waals surface area (Å²) >= 11 is 0. The largest absolute Gasteiger partial charge is 0.481 e. The molecule has 6 heteroatoms. The highest BCUT2D eigenvalue weighted by atomic mass is 16.4. The van der Waals surface area contributed by atoms with Crippen molar-refractivity contribution >= 4 is 12.0 Å².